The third kappa shape index (κ3) is 4.19. The average molecular weight is 422 g/mol. The number of benzene rings is 3. The van der Waals surface area contributed by atoms with Gasteiger partial charge in [-0.15, -0.1) is 0 Å². The number of carbonyl (C=O) groups is 1. The molecule has 0 bridgehead atoms. The summed E-state index contributed by atoms with van der Waals surface area (Å²) in [7, 11) is 0. The van der Waals surface area contributed by atoms with Gasteiger partial charge in [-0.1, -0.05) is 60.1 Å². The van der Waals surface area contributed by atoms with Crippen molar-refractivity contribution >= 4 is 28.9 Å². The predicted molar refractivity (Wildman–Crippen MR) is 121 cm³/mol. The fraction of sp³-hybridized carbons (Fsp3) is 0.208. The molecule has 0 aliphatic carbocycles. The number of rotatable bonds is 4. The molecule has 0 fully saturated rings. The molecule has 30 heavy (non-hydrogen) atoms. The quantitative estimate of drug-likeness (QED) is 0.626. The molecule has 1 atom stereocenters. The summed E-state index contributed by atoms with van der Waals surface area (Å²) in [5.74, 6) is -0.201. The molecule has 1 aliphatic heterocycles. The molecule has 1 unspecified atom stereocenters. The normalized spacial score (nSPS) is 16.7. The SMILES string of the molecule is Nc1ccc(C(=O)N2CC(CO)N(Cc3ccccc3)Cc3ccccc32)c(Cl)c1. The minimum atomic E-state index is -0.214. The van der Waals surface area contributed by atoms with E-state index < -0.39 is 0 Å². The van der Waals surface area contributed by atoms with Gasteiger partial charge in [-0.3, -0.25) is 9.69 Å². The zero-order valence-corrected chi connectivity index (χ0v) is 17.3. The number of halogens is 1. The number of hydrogen-bond acceptors (Lipinski definition) is 4. The van der Waals surface area contributed by atoms with E-state index in [0.717, 1.165) is 16.8 Å². The molecule has 3 aromatic carbocycles. The lowest BCUT2D eigenvalue weighted by atomic mass is 10.1. The zero-order chi connectivity index (χ0) is 21.1. The molecule has 154 valence electrons. The van der Waals surface area contributed by atoms with E-state index >= 15 is 0 Å². The van der Waals surface area contributed by atoms with Crippen molar-refractivity contribution in [3.63, 3.8) is 0 Å². The van der Waals surface area contributed by atoms with Gasteiger partial charge in [0.15, 0.2) is 0 Å². The van der Waals surface area contributed by atoms with Crippen LogP contribution in [0.1, 0.15) is 21.5 Å². The van der Waals surface area contributed by atoms with Crippen molar-refractivity contribution in [2.45, 2.75) is 19.1 Å². The molecule has 1 amide bonds. The van der Waals surface area contributed by atoms with Gasteiger partial charge in [0.1, 0.15) is 0 Å². The average Bonchev–Trinajstić information content (AvgIpc) is 2.90. The first-order valence-corrected chi connectivity index (χ1v) is 10.3. The monoisotopic (exact) mass is 421 g/mol. The first kappa shape index (κ1) is 20.4. The van der Waals surface area contributed by atoms with E-state index in [4.69, 9.17) is 17.3 Å². The Kier molecular flexibility index (Phi) is 6.04. The third-order valence-electron chi connectivity index (χ3n) is 5.47. The first-order valence-electron chi connectivity index (χ1n) is 9.90. The van der Waals surface area contributed by atoms with E-state index in [0.29, 0.717) is 35.9 Å². The smallest absolute Gasteiger partial charge is 0.259 e. The lowest BCUT2D eigenvalue weighted by Crippen LogP contribution is -2.45. The Bertz CT molecular complexity index is 1040. The van der Waals surface area contributed by atoms with Gasteiger partial charge in [0.25, 0.3) is 5.91 Å². The molecule has 0 radical (unpaired) electrons. The number of hydrogen-bond donors (Lipinski definition) is 2. The van der Waals surface area contributed by atoms with Gasteiger partial charge in [-0.05, 0) is 35.4 Å². The highest BCUT2D eigenvalue weighted by Crippen LogP contribution is 2.31. The largest absolute Gasteiger partial charge is 0.399 e. The summed E-state index contributed by atoms with van der Waals surface area (Å²) >= 11 is 6.33. The predicted octanol–water partition coefficient (Wildman–Crippen LogP) is 3.95. The van der Waals surface area contributed by atoms with E-state index in [1.165, 1.54) is 0 Å². The van der Waals surface area contributed by atoms with Crippen LogP contribution >= 0.6 is 11.6 Å². The Morgan fingerprint density at radius 2 is 1.80 bits per heavy atom. The third-order valence-corrected chi connectivity index (χ3v) is 5.79. The summed E-state index contributed by atoms with van der Waals surface area (Å²) in [6, 6.07) is 22.7. The highest BCUT2D eigenvalue weighted by atomic mass is 35.5. The van der Waals surface area contributed by atoms with E-state index in [-0.39, 0.29) is 18.6 Å². The van der Waals surface area contributed by atoms with Gasteiger partial charge in [0.2, 0.25) is 0 Å². The molecule has 6 heteroatoms. The molecular formula is C24H24ClN3O2. The van der Waals surface area contributed by atoms with Crippen LogP contribution in [0.4, 0.5) is 11.4 Å². The number of nitrogens with zero attached hydrogens (tertiary/aromatic N) is 2. The Morgan fingerprint density at radius 3 is 2.53 bits per heavy atom. The molecule has 0 aromatic heterocycles. The second kappa shape index (κ2) is 8.88. The van der Waals surface area contributed by atoms with E-state index in [1.54, 1.807) is 23.1 Å². The topological polar surface area (TPSA) is 69.8 Å². The Labute approximate surface area is 181 Å². The number of carbonyl (C=O) groups excluding carboxylic acids is 1. The van der Waals surface area contributed by atoms with Crippen LogP contribution in [0.25, 0.3) is 0 Å². The van der Waals surface area contributed by atoms with Gasteiger partial charge >= 0.3 is 0 Å². The maximum atomic E-state index is 13.5. The van der Waals surface area contributed by atoms with Crippen molar-refractivity contribution in [2.24, 2.45) is 0 Å². The van der Waals surface area contributed by atoms with Gasteiger partial charge in [0, 0.05) is 31.0 Å². The second-order valence-corrected chi connectivity index (χ2v) is 7.92. The molecular weight excluding hydrogens is 398 g/mol. The first-order chi connectivity index (χ1) is 14.6. The van der Waals surface area contributed by atoms with Crippen molar-refractivity contribution in [2.75, 3.05) is 23.8 Å². The number of amides is 1. The molecule has 1 heterocycles. The van der Waals surface area contributed by atoms with E-state index in [9.17, 15) is 9.90 Å². The van der Waals surface area contributed by atoms with Crippen LogP contribution in [-0.2, 0) is 13.1 Å². The van der Waals surface area contributed by atoms with Crippen molar-refractivity contribution in [1.29, 1.82) is 0 Å². The number of nitrogen functional groups attached to an aromatic ring is 1. The summed E-state index contributed by atoms with van der Waals surface area (Å²) in [5, 5.41) is 10.5. The van der Waals surface area contributed by atoms with Crippen LogP contribution in [-0.4, -0.2) is 35.1 Å². The standard InChI is InChI=1S/C24H24ClN3O2/c25-22-12-19(26)10-11-21(22)24(30)28-15-20(16-29)27(13-17-6-2-1-3-7-17)14-18-8-4-5-9-23(18)28/h1-12,20,29H,13-16,26H2. The van der Waals surface area contributed by atoms with Crippen molar-refractivity contribution in [1.82, 2.24) is 4.90 Å². The Balaban J connectivity index is 1.71. The van der Waals surface area contributed by atoms with Gasteiger partial charge in [0.05, 0.1) is 23.2 Å². The van der Waals surface area contributed by atoms with Crippen molar-refractivity contribution < 1.29 is 9.90 Å². The van der Waals surface area contributed by atoms with Gasteiger partial charge in [-0.2, -0.15) is 0 Å². The summed E-state index contributed by atoms with van der Waals surface area (Å²) < 4.78 is 0. The molecule has 0 saturated heterocycles. The summed E-state index contributed by atoms with van der Waals surface area (Å²) in [5.41, 5.74) is 9.73. The summed E-state index contributed by atoms with van der Waals surface area (Å²) in [6.07, 6.45) is 0. The number of anilines is 2. The van der Waals surface area contributed by atoms with Crippen molar-refractivity contribution in [3.05, 3.63) is 94.5 Å². The molecule has 4 rings (SSSR count). The Hall–Kier alpha value is -2.86. The zero-order valence-electron chi connectivity index (χ0n) is 16.5. The van der Waals surface area contributed by atoms with Gasteiger partial charge < -0.3 is 15.7 Å². The number of para-hydroxylation sites is 1. The number of fused-ring (bicyclic) bond motifs is 1. The van der Waals surface area contributed by atoms with E-state index in [1.807, 2.05) is 42.5 Å². The number of nitrogens with two attached hydrogens (primary N) is 1. The van der Waals surface area contributed by atoms with Crippen LogP contribution in [0.5, 0.6) is 0 Å². The second-order valence-electron chi connectivity index (χ2n) is 7.51. The van der Waals surface area contributed by atoms with Crippen LogP contribution in [0.3, 0.4) is 0 Å². The van der Waals surface area contributed by atoms with Crippen LogP contribution in [0, 0.1) is 0 Å². The fourth-order valence-corrected chi connectivity index (χ4v) is 4.17. The minimum absolute atomic E-state index is 0.0555. The highest BCUT2D eigenvalue weighted by Gasteiger charge is 2.31. The van der Waals surface area contributed by atoms with Crippen molar-refractivity contribution in [3.8, 4) is 0 Å². The number of aliphatic hydroxyl groups excluding tert-OH is 1. The summed E-state index contributed by atoms with van der Waals surface area (Å²) in [6.45, 7) is 1.63. The fourth-order valence-electron chi connectivity index (χ4n) is 3.90. The maximum Gasteiger partial charge on any atom is 0.259 e. The summed E-state index contributed by atoms with van der Waals surface area (Å²) in [4.78, 5) is 17.4. The number of aliphatic hydroxyl groups is 1. The lowest BCUT2D eigenvalue weighted by Gasteiger charge is -2.30. The molecule has 0 spiro atoms. The van der Waals surface area contributed by atoms with Crippen LogP contribution < -0.4 is 10.6 Å². The molecule has 5 nitrogen and oxygen atoms in total. The Morgan fingerprint density at radius 1 is 1.07 bits per heavy atom. The minimum Gasteiger partial charge on any atom is -0.399 e. The molecule has 0 saturated carbocycles. The highest BCUT2D eigenvalue weighted by molar-refractivity contribution is 6.34. The molecule has 1 aliphatic rings. The van der Waals surface area contributed by atoms with E-state index in [2.05, 4.69) is 17.0 Å². The molecule has 3 N–H and O–H groups in total. The van der Waals surface area contributed by atoms with Crippen LogP contribution in [0.15, 0.2) is 72.8 Å². The lowest BCUT2D eigenvalue weighted by molar-refractivity contribution is 0.0942. The van der Waals surface area contributed by atoms with Crippen LogP contribution in [0.2, 0.25) is 5.02 Å². The van der Waals surface area contributed by atoms with Gasteiger partial charge in [-0.25, -0.2) is 0 Å². The maximum absolute atomic E-state index is 13.5. The molecule has 3 aromatic rings.